The Hall–Kier alpha value is -3.86. The smallest absolute Gasteiger partial charge is 0.373 e. The zero-order valence-corrected chi connectivity index (χ0v) is 24.7. The lowest BCUT2D eigenvalue weighted by molar-refractivity contribution is -0.191. The fourth-order valence-corrected chi connectivity index (χ4v) is 5.74. The molecule has 1 aromatic carbocycles. The van der Waals surface area contributed by atoms with Gasteiger partial charge in [0, 0.05) is 37.0 Å². The molecule has 1 aromatic heterocycles. The summed E-state index contributed by atoms with van der Waals surface area (Å²) >= 11 is 13.2. The van der Waals surface area contributed by atoms with Crippen LogP contribution in [0.2, 0.25) is 10.0 Å². The fourth-order valence-electron chi connectivity index (χ4n) is 5.03. The van der Waals surface area contributed by atoms with Crippen LogP contribution in [0.3, 0.4) is 0 Å². The molecule has 1 saturated carbocycles. The Kier molecular flexibility index (Phi) is 10.9. The number of carbonyl (C=O) groups is 2. The van der Waals surface area contributed by atoms with Crippen molar-refractivity contribution in [3.63, 3.8) is 0 Å². The number of urea groups is 1. The molecule has 41 heavy (non-hydrogen) atoms. The monoisotopic (exact) mass is 606 g/mol. The van der Waals surface area contributed by atoms with E-state index in [1.807, 2.05) is 0 Å². The van der Waals surface area contributed by atoms with Gasteiger partial charge in [-0.3, -0.25) is 14.6 Å². The van der Waals surface area contributed by atoms with Crippen LogP contribution in [-0.4, -0.2) is 61.4 Å². The number of halogens is 2. The molecule has 1 aliphatic heterocycles. The van der Waals surface area contributed by atoms with Gasteiger partial charge >= 0.3 is 12.2 Å². The van der Waals surface area contributed by atoms with Crippen molar-refractivity contribution in [1.82, 2.24) is 15.3 Å². The van der Waals surface area contributed by atoms with Crippen LogP contribution < -0.4 is 29.9 Å². The van der Waals surface area contributed by atoms with E-state index in [-0.39, 0.29) is 52.5 Å². The second-order valence-corrected chi connectivity index (χ2v) is 10.2. The molecule has 1 fully saturated rings. The minimum Gasteiger partial charge on any atom is -0.495 e. The van der Waals surface area contributed by atoms with Crippen molar-refractivity contribution in [3.05, 3.63) is 40.5 Å². The van der Waals surface area contributed by atoms with Crippen LogP contribution in [0.1, 0.15) is 38.2 Å². The minimum atomic E-state index is -0.374. The van der Waals surface area contributed by atoms with Crippen molar-refractivity contribution >= 4 is 58.7 Å². The number of hydrogen-bond donors (Lipinski definition) is 2. The highest BCUT2D eigenvalue weighted by Crippen LogP contribution is 2.47. The normalized spacial score (nSPS) is 19.7. The lowest BCUT2D eigenvalue weighted by atomic mass is 9.81. The number of ether oxygens (including phenoxy) is 2. The quantitative estimate of drug-likeness (QED) is 0.416. The first kappa shape index (κ1) is 31.7. The summed E-state index contributed by atoms with van der Waals surface area (Å²) in [6.45, 7) is 5.88. The molecular weight excluding hydrogens is 575 g/mol. The molecule has 14 heteroatoms. The zero-order chi connectivity index (χ0) is 30.3. The highest BCUT2D eigenvalue weighted by atomic mass is 35.5. The van der Waals surface area contributed by atoms with Gasteiger partial charge in [-0.25, -0.2) is 9.78 Å². The van der Waals surface area contributed by atoms with Gasteiger partial charge in [0.15, 0.2) is 0 Å². The number of benzene rings is 1. The maximum Gasteiger partial charge on any atom is 0.373 e. The van der Waals surface area contributed by atoms with E-state index in [0.717, 1.165) is 25.7 Å². The minimum absolute atomic E-state index is 0.0530. The van der Waals surface area contributed by atoms with E-state index in [1.165, 1.54) is 30.1 Å². The molecule has 0 unspecified atom stereocenters. The number of fused-ring (bicyclic) bond motifs is 1. The van der Waals surface area contributed by atoms with E-state index in [2.05, 4.69) is 34.1 Å². The van der Waals surface area contributed by atoms with Crippen LogP contribution in [0.5, 0.6) is 11.5 Å². The van der Waals surface area contributed by atoms with Crippen molar-refractivity contribution < 1.29 is 28.7 Å². The number of hydrogen-bond acceptors (Lipinski definition) is 9. The first-order valence-corrected chi connectivity index (χ1v) is 13.6. The SMILES string of the molecule is C=CC(=O)N[C@H]1C[C@H](CC)CC[C@H]1Nc1ncc2c(n1)N(C)C(=O)N(c1c(Cl)c(OC)cc(OC)c1Cl)C2.O=C=O. The van der Waals surface area contributed by atoms with Crippen LogP contribution in [0.25, 0.3) is 0 Å². The van der Waals surface area contributed by atoms with E-state index in [4.69, 9.17) is 42.3 Å². The molecule has 0 spiro atoms. The van der Waals surface area contributed by atoms with Gasteiger partial charge in [0.1, 0.15) is 27.4 Å². The Morgan fingerprint density at radius 1 is 1.20 bits per heavy atom. The number of nitrogens with zero attached hydrogens (tertiary/aromatic N) is 4. The third kappa shape index (κ3) is 6.90. The van der Waals surface area contributed by atoms with Gasteiger partial charge in [-0.05, 0) is 31.3 Å². The average molecular weight is 607 g/mol. The maximum absolute atomic E-state index is 13.5. The second kappa shape index (κ2) is 14.2. The number of rotatable bonds is 8. The van der Waals surface area contributed by atoms with Crippen LogP contribution in [0.4, 0.5) is 22.2 Å². The number of amides is 3. The zero-order valence-electron chi connectivity index (χ0n) is 23.2. The van der Waals surface area contributed by atoms with E-state index < -0.39 is 0 Å². The van der Waals surface area contributed by atoms with Crippen molar-refractivity contribution in [3.8, 4) is 11.5 Å². The standard InChI is InChI=1S/C26H32Cl2N6O4.CO2/c1-6-14-8-9-16(17(10-14)30-20(35)7-2)31-25-29-12-15-13-34(26(36)33(3)24(15)32-25)23-21(27)18(37-4)11-19(38-5)22(23)28;2-1-3/h7,11-12,14,16-17H,2,6,8-10,13H2,1,3-5H3,(H,30,35)(H,29,31,32);/t14-,16-,17+;/m1./s1. The van der Waals surface area contributed by atoms with E-state index >= 15 is 0 Å². The predicted octanol–water partition coefficient (Wildman–Crippen LogP) is 4.45. The summed E-state index contributed by atoms with van der Waals surface area (Å²) in [5.41, 5.74) is 0.987. The number of anilines is 3. The summed E-state index contributed by atoms with van der Waals surface area (Å²) in [4.78, 5) is 53.8. The van der Waals surface area contributed by atoms with Crippen LogP contribution in [0, 0.1) is 5.92 Å². The Labute approximate surface area is 248 Å². The molecule has 12 nitrogen and oxygen atoms in total. The molecule has 2 aliphatic rings. The summed E-state index contributed by atoms with van der Waals surface area (Å²) in [5, 5.41) is 6.81. The van der Waals surface area contributed by atoms with Gasteiger partial charge in [-0.2, -0.15) is 14.6 Å². The van der Waals surface area contributed by atoms with Crippen LogP contribution in [0.15, 0.2) is 24.9 Å². The highest BCUT2D eigenvalue weighted by molar-refractivity contribution is 6.42. The first-order valence-electron chi connectivity index (χ1n) is 12.8. The van der Waals surface area contributed by atoms with E-state index in [1.54, 1.807) is 19.3 Å². The van der Waals surface area contributed by atoms with Crippen molar-refractivity contribution in [2.75, 3.05) is 36.4 Å². The lowest BCUT2D eigenvalue weighted by Crippen LogP contribution is -2.50. The molecule has 2 aromatic rings. The number of methoxy groups -OCH3 is 2. The molecule has 0 radical (unpaired) electrons. The summed E-state index contributed by atoms with van der Waals surface area (Å²) in [6.07, 6.45) is 7.02. The van der Waals surface area contributed by atoms with Crippen LogP contribution >= 0.6 is 23.2 Å². The summed E-state index contributed by atoms with van der Waals surface area (Å²) < 4.78 is 10.7. The third-order valence-corrected chi connectivity index (χ3v) is 7.92. The predicted molar refractivity (Wildman–Crippen MR) is 154 cm³/mol. The summed E-state index contributed by atoms with van der Waals surface area (Å²) in [7, 11) is 4.58. The summed E-state index contributed by atoms with van der Waals surface area (Å²) in [5.74, 6) is 1.85. The number of carbonyl (C=O) groups excluding carboxylic acids is 4. The van der Waals surface area contributed by atoms with Crippen molar-refractivity contribution in [1.29, 1.82) is 0 Å². The van der Waals surface area contributed by atoms with Crippen molar-refractivity contribution in [2.45, 2.75) is 51.2 Å². The summed E-state index contributed by atoms with van der Waals surface area (Å²) in [6, 6.07) is 1.06. The first-order chi connectivity index (χ1) is 19.6. The highest BCUT2D eigenvalue weighted by Gasteiger charge is 2.36. The third-order valence-electron chi connectivity index (χ3n) is 7.19. The number of aromatic nitrogens is 2. The van der Waals surface area contributed by atoms with Gasteiger partial charge < -0.3 is 20.1 Å². The second-order valence-electron chi connectivity index (χ2n) is 9.47. The van der Waals surface area contributed by atoms with E-state index in [9.17, 15) is 9.59 Å². The molecule has 3 atom stereocenters. The maximum atomic E-state index is 13.5. The fraction of sp³-hybridized carbons (Fsp3) is 0.444. The Morgan fingerprint density at radius 3 is 2.39 bits per heavy atom. The Bertz CT molecular complexity index is 1310. The topological polar surface area (TPSA) is 143 Å². The van der Waals surface area contributed by atoms with Crippen molar-refractivity contribution in [2.24, 2.45) is 5.92 Å². The largest absolute Gasteiger partial charge is 0.495 e. The molecule has 2 N–H and O–H groups in total. The molecule has 1 aliphatic carbocycles. The van der Waals surface area contributed by atoms with Gasteiger partial charge in [-0.1, -0.05) is 43.1 Å². The average Bonchev–Trinajstić information content (AvgIpc) is 2.97. The molecule has 2 heterocycles. The van der Waals surface area contributed by atoms with Gasteiger partial charge in [-0.15, -0.1) is 0 Å². The van der Waals surface area contributed by atoms with E-state index in [0.29, 0.717) is 34.7 Å². The Balaban J connectivity index is 0.00000147. The molecular formula is C27H32Cl2N6O6. The molecule has 3 amide bonds. The molecule has 220 valence electrons. The Morgan fingerprint density at radius 2 is 1.83 bits per heavy atom. The van der Waals surface area contributed by atoms with Crippen LogP contribution in [-0.2, 0) is 20.9 Å². The molecule has 0 saturated heterocycles. The lowest BCUT2D eigenvalue weighted by Gasteiger charge is -2.37. The van der Waals surface area contributed by atoms with Gasteiger partial charge in [0.2, 0.25) is 11.9 Å². The molecule has 0 bridgehead atoms. The number of nitrogens with one attached hydrogen (secondary N) is 2. The van der Waals surface area contributed by atoms with Gasteiger partial charge in [0.25, 0.3) is 0 Å². The van der Waals surface area contributed by atoms with Gasteiger partial charge in [0.05, 0.1) is 26.5 Å². The molecule has 4 rings (SSSR count).